The van der Waals surface area contributed by atoms with Gasteiger partial charge in [0.2, 0.25) is 5.60 Å². The first-order valence-electron chi connectivity index (χ1n) is 10.2. The second-order valence-corrected chi connectivity index (χ2v) is 9.33. The molecule has 0 aliphatic heterocycles. The highest BCUT2D eigenvalue weighted by Gasteiger charge is 2.71. The number of quaternary nitrogens is 1. The Morgan fingerprint density at radius 2 is 1.91 bits per heavy atom. The second-order valence-electron chi connectivity index (χ2n) is 8.89. The van der Waals surface area contributed by atoms with Crippen molar-refractivity contribution in [3.8, 4) is 5.75 Å². The van der Waals surface area contributed by atoms with E-state index in [2.05, 4.69) is 4.98 Å². The van der Waals surface area contributed by atoms with Crippen molar-refractivity contribution in [1.29, 1.82) is 0 Å². The first-order valence-corrected chi connectivity index (χ1v) is 10.6. The van der Waals surface area contributed by atoms with Crippen LogP contribution < -0.4 is 5.06 Å². The number of pyridine rings is 1. The predicted octanol–water partition coefficient (Wildman–Crippen LogP) is 4.39. The van der Waals surface area contributed by atoms with Crippen LogP contribution in [0, 0.1) is 12.1 Å². The van der Waals surface area contributed by atoms with Gasteiger partial charge in [0.25, 0.3) is 0 Å². The molecule has 0 amide bonds. The standard InChI is InChI=1S/C23H20ClF3N2O3/c1-12-5-6-14-16(28-12)9-13(24)10-17(14)29(32)20-15-3-2-4-18(30)19(15)21(7-8-21)11-22(20,31)23(25,26)27/h2-6,9-10,20,29-31H,7-8,11H2,1H3/t20-,22-/m0/s1. The molecule has 1 aromatic heterocycles. The highest BCUT2D eigenvalue weighted by molar-refractivity contribution is 6.31. The molecule has 1 fully saturated rings. The average Bonchev–Trinajstić information content (AvgIpc) is 3.45. The molecule has 2 aliphatic carbocycles. The van der Waals surface area contributed by atoms with Crippen molar-refractivity contribution in [2.24, 2.45) is 0 Å². The van der Waals surface area contributed by atoms with E-state index in [4.69, 9.17) is 11.6 Å². The summed E-state index contributed by atoms with van der Waals surface area (Å²) in [6.07, 6.45) is -4.93. The lowest BCUT2D eigenvalue weighted by Crippen LogP contribution is -3.06. The summed E-state index contributed by atoms with van der Waals surface area (Å²) in [5.74, 6) is -0.157. The van der Waals surface area contributed by atoms with Crippen LogP contribution in [0.3, 0.4) is 0 Å². The third-order valence-corrected chi connectivity index (χ3v) is 7.00. The van der Waals surface area contributed by atoms with Gasteiger partial charge in [-0.1, -0.05) is 23.7 Å². The number of aromatic nitrogens is 1. The minimum atomic E-state index is -5.06. The van der Waals surface area contributed by atoms with Gasteiger partial charge < -0.3 is 20.5 Å². The maximum Gasteiger partial charge on any atom is 0.423 e. The van der Waals surface area contributed by atoms with Crippen LogP contribution >= 0.6 is 11.6 Å². The van der Waals surface area contributed by atoms with Gasteiger partial charge in [-0.2, -0.15) is 13.2 Å². The summed E-state index contributed by atoms with van der Waals surface area (Å²) in [5, 5.41) is 35.0. The molecule has 1 unspecified atom stereocenters. The molecular weight excluding hydrogens is 445 g/mol. The number of hydrogen-bond acceptors (Lipinski definition) is 4. The van der Waals surface area contributed by atoms with Gasteiger partial charge in [-0.3, -0.25) is 4.98 Å². The Hall–Kier alpha value is -2.39. The second kappa shape index (κ2) is 6.81. The topological polar surface area (TPSA) is 80.9 Å². The van der Waals surface area contributed by atoms with E-state index in [9.17, 15) is 28.6 Å². The molecule has 1 spiro atoms. The summed E-state index contributed by atoms with van der Waals surface area (Å²) in [4.78, 5) is 4.34. The van der Waals surface area contributed by atoms with Crippen molar-refractivity contribution in [3.63, 3.8) is 0 Å². The van der Waals surface area contributed by atoms with Crippen molar-refractivity contribution < 1.29 is 28.4 Å². The molecule has 0 radical (unpaired) electrons. The van der Waals surface area contributed by atoms with E-state index >= 15 is 0 Å². The fourth-order valence-corrected chi connectivity index (χ4v) is 5.41. The van der Waals surface area contributed by atoms with Crippen LogP contribution in [-0.2, 0) is 5.41 Å². The minimum Gasteiger partial charge on any atom is -0.628 e. The van der Waals surface area contributed by atoms with E-state index in [1.54, 1.807) is 19.1 Å². The number of phenols is 1. The van der Waals surface area contributed by atoms with E-state index in [0.717, 1.165) is 0 Å². The van der Waals surface area contributed by atoms with E-state index < -0.39 is 34.7 Å². The number of hydroxylamine groups is 1. The SMILES string of the molecule is Cc1ccc2c([NH+]([O-])[C@H]3c4cccc(O)c4C4(CC4)C[C@@]3(O)C(F)(F)F)cc(Cl)cc2n1. The summed E-state index contributed by atoms with van der Waals surface area (Å²) < 4.78 is 43.1. The molecule has 32 heavy (non-hydrogen) atoms. The molecule has 1 heterocycles. The highest BCUT2D eigenvalue weighted by atomic mass is 35.5. The number of phenolic OH excluding ortho intramolecular Hbond substituents is 1. The van der Waals surface area contributed by atoms with Gasteiger partial charge in [-0.25, -0.2) is 0 Å². The highest BCUT2D eigenvalue weighted by Crippen LogP contribution is 2.64. The molecule has 5 nitrogen and oxygen atoms in total. The summed E-state index contributed by atoms with van der Waals surface area (Å²) in [5.41, 5.74) is -2.95. The van der Waals surface area contributed by atoms with Crippen molar-refractivity contribution >= 4 is 28.2 Å². The third kappa shape index (κ3) is 3.01. The number of halogens is 4. The molecule has 1 saturated carbocycles. The number of benzene rings is 2. The maximum absolute atomic E-state index is 14.4. The molecule has 2 aromatic carbocycles. The lowest BCUT2D eigenvalue weighted by molar-refractivity contribution is -0.828. The van der Waals surface area contributed by atoms with Gasteiger partial charge in [0.1, 0.15) is 11.4 Å². The molecule has 3 atom stereocenters. The van der Waals surface area contributed by atoms with Gasteiger partial charge in [0, 0.05) is 39.7 Å². The molecule has 168 valence electrons. The summed E-state index contributed by atoms with van der Waals surface area (Å²) in [6.45, 7) is 1.75. The largest absolute Gasteiger partial charge is 0.628 e. The lowest BCUT2D eigenvalue weighted by Gasteiger charge is -2.48. The van der Waals surface area contributed by atoms with Crippen molar-refractivity contribution in [1.82, 2.24) is 4.98 Å². The fourth-order valence-electron chi connectivity index (χ4n) is 5.20. The fraction of sp³-hybridized carbons (Fsp3) is 0.348. The number of fused-ring (bicyclic) bond motifs is 3. The zero-order valence-corrected chi connectivity index (χ0v) is 17.8. The first kappa shape index (κ1) is 21.5. The Morgan fingerprint density at radius 3 is 2.56 bits per heavy atom. The summed E-state index contributed by atoms with van der Waals surface area (Å²) in [6, 6.07) is 8.36. The number of aromatic hydroxyl groups is 1. The van der Waals surface area contributed by atoms with Gasteiger partial charge in [0.15, 0.2) is 6.04 Å². The normalized spacial score (nSPS) is 25.0. The maximum atomic E-state index is 14.4. The number of nitrogens with one attached hydrogen (secondary N) is 1. The van der Waals surface area contributed by atoms with Crippen molar-refractivity contribution in [2.45, 2.75) is 49.4 Å². The Morgan fingerprint density at radius 1 is 1.19 bits per heavy atom. The van der Waals surface area contributed by atoms with Crippen LogP contribution in [0.4, 0.5) is 18.9 Å². The number of nitrogens with zero attached hydrogens (tertiary/aromatic N) is 1. The van der Waals surface area contributed by atoms with Crippen LogP contribution in [0.1, 0.15) is 42.1 Å². The van der Waals surface area contributed by atoms with Crippen LogP contribution in [0.2, 0.25) is 5.02 Å². The van der Waals surface area contributed by atoms with E-state index in [-0.39, 0.29) is 22.0 Å². The first-order chi connectivity index (χ1) is 15.0. The van der Waals surface area contributed by atoms with Crippen LogP contribution in [0.5, 0.6) is 5.75 Å². The third-order valence-electron chi connectivity index (χ3n) is 6.78. The molecule has 0 saturated heterocycles. The Bertz CT molecular complexity index is 1240. The molecule has 3 aromatic rings. The smallest absolute Gasteiger partial charge is 0.423 e. The van der Waals surface area contributed by atoms with Crippen LogP contribution in [0.15, 0.2) is 42.5 Å². The van der Waals surface area contributed by atoms with Crippen LogP contribution in [0.25, 0.3) is 10.9 Å². The monoisotopic (exact) mass is 464 g/mol. The quantitative estimate of drug-likeness (QED) is 0.491. The van der Waals surface area contributed by atoms with Gasteiger partial charge >= 0.3 is 6.18 Å². The Kier molecular flexibility index (Phi) is 4.56. The predicted molar refractivity (Wildman–Crippen MR) is 113 cm³/mol. The Labute approximate surface area is 186 Å². The van der Waals surface area contributed by atoms with Crippen molar-refractivity contribution in [2.75, 3.05) is 0 Å². The molecule has 0 bridgehead atoms. The molecule has 2 aliphatic rings. The average molecular weight is 465 g/mol. The van der Waals surface area contributed by atoms with E-state index in [1.807, 2.05) is 0 Å². The van der Waals surface area contributed by atoms with Crippen molar-refractivity contribution in [3.05, 3.63) is 69.5 Å². The van der Waals surface area contributed by atoms with E-state index in [1.165, 1.54) is 30.3 Å². The van der Waals surface area contributed by atoms with E-state index in [0.29, 0.717) is 35.0 Å². The van der Waals surface area contributed by atoms with Crippen LogP contribution in [-0.4, -0.2) is 27.0 Å². The lowest BCUT2D eigenvalue weighted by atomic mass is 9.68. The molecular formula is C23H20ClF3N2O3. The summed E-state index contributed by atoms with van der Waals surface area (Å²) in [7, 11) is 0. The number of aliphatic hydroxyl groups is 1. The zero-order chi connectivity index (χ0) is 23.1. The minimum absolute atomic E-state index is 0.00627. The number of aryl methyl sites for hydroxylation is 1. The van der Waals surface area contributed by atoms with Gasteiger partial charge in [0.05, 0.1) is 10.9 Å². The molecule has 5 rings (SSSR count). The molecule has 3 N–H and O–H groups in total. The van der Waals surface area contributed by atoms with Gasteiger partial charge in [-0.05, 0) is 44.0 Å². The van der Waals surface area contributed by atoms with Gasteiger partial charge in [-0.15, -0.1) is 0 Å². The zero-order valence-electron chi connectivity index (χ0n) is 17.0. The number of rotatable bonds is 2. The summed E-state index contributed by atoms with van der Waals surface area (Å²) >= 11 is 6.18. The Balaban J connectivity index is 1.77. The molecule has 9 heteroatoms. The number of alkyl halides is 3. The number of hydrogen-bond donors (Lipinski definition) is 3.